The van der Waals surface area contributed by atoms with E-state index in [1.54, 1.807) is 55.6 Å². The molecule has 0 radical (unpaired) electrons. The predicted octanol–water partition coefficient (Wildman–Crippen LogP) is 4.17. The summed E-state index contributed by atoms with van der Waals surface area (Å²) < 4.78 is 6.26. The van der Waals surface area contributed by atoms with Gasteiger partial charge in [0.15, 0.2) is 5.43 Å². The van der Waals surface area contributed by atoms with Crippen molar-refractivity contribution in [3.8, 4) is 11.4 Å². The van der Waals surface area contributed by atoms with E-state index in [1.165, 1.54) is 12.1 Å². The minimum atomic E-state index is -0.702. The third kappa shape index (κ3) is 3.34. The summed E-state index contributed by atoms with van der Waals surface area (Å²) in [4.78, 5) is 45.1. The minimum Gasteiger partial charge on any atom is -0.497 e. The molecule has 0 saturated heterocycles. The Balaban J connectivity index is 2.06. The lowest BCUT2D eigenvalue weighted by atomic mass is 10.1. The molecule has 0 fully saturated rings. The molecule has 2 aliphatic rings. The monoisotopic (exact) mass is 490 g/mol. The van der Waals surface area contributed by atoms with Gasteiger partial charge in [-0.3, -0.25) is 14.4 Å². The van der Waals surface area contributed by atoms with E-state index in [0.717, 1.165) is 10.1 Å². The second kappa shape index (κ2) is 8.24. The zero-order valence-electron chi connectivity index (χ0n) is 18.1. The van der Waals surface area contributed by atoms with Crippen LogP contribution in [0.5, 0.6) is 5.75 Å². The van der Waals surface area contributed by atoms with Gasteiger partial charge in [0.1, 0.15) is 11.0 Å². The van der Waals surface area contributed by atoms with Crippen molar-refractivity contribution >= 4 is 39.7 Å². The average molecular weight is 491 g/mol. The summed E-state index contributed by atoms with van der Waals surface area (Å²) in [7, 11) is 1.56. The number of fused-ring (bicyclic) bond motifs is 1. The molecule has 0 amide bonds. The van der Waals surface area contributed by atoms with Crippen molar-refractivity contribution in [1.82, 2.24) is 4.57 Å². The van der Waals surface area contributed by atoms with E-state index < -0.39 is 16.5 Å². The Bertz CT molecular complexity index is 1890. The van der Waals surface area contributed by atoms with Gasteiger partial charge in [-0.25, -0.2) is 9.56 Å². The van der Waals surface area contributed by atoms with Gasteiger partial charge in [0.2, 0.25) is 0 Å². The fraction of sp³-hybridized carbons (Fsp3) is 0.0769. The second-order valence-corrected chi connectivity index (χ2v) is 8.60. The normalized spacial score (nSPS) is 12.1. The van der Waals surface area contributed by atoms with Crippen molar-refractivity contribution in [3.63, 3.8) is 0 Å². The number of aromatic nitrogens is 1. The standard InChI is InChI=1S/C26H16Cl2N2O4/c1-13-10-15(34-2)8-9-20(13)29-23-16-11-18(27)19(28)12-17(16)24(31)22-21(23)25(32)30(26(22)33)14-6-4-3-5-7-14/h3-12H,1-2H3. The molecular formula is C26H16Cl2N2O4. The molecule has 0 saturated carbocycles. The van der Waals surface area contributed by atoms with E-state index in [4.69, 9.17) is 32.9 Å². The van der Waals surface area contributed by atoms with E-state index >= 15 is 0 Å². The summed E-state index contributed by atoms with van der Waals surface area (Å²) >= 11 is 12.5. The quantitative estimate of drug-likeness (QED) is 0.380. The highest BCUT2D eigenvalue weighted by atomic mass is 35.5. The Morgan fingerprint density at radius 3 is 2.12 bits per heavy atom. The van der Waals surface area contributed by atoms with Crippen LogP contribution in [0.15, 0.2) is 80.0 Å². The van der Waals surface area contributed by atoms with Crippen molar-refractivity contribution in [1.29, 1.82) is 0 Å². The Morgan fingerprint density at radius 2 is 1.47 bits per heavy atom. The molecule has 1 heterocycles. The molecule has 0 unspecified atom stereocenters. The van der Waals surface area contributed by atoms with Crippen molar-refractivity contribution in [2.45, 2.75) is 6.92 Å². The molecule has 168 valence electrons. The van der Waals surface area contributed by atoms with Gasteiger partial charge in [0, 0.05) is 10.8 Å². The molecule has 0 aromatic heterocycles. The summed E-state index contributed by atoms with van der Waals surface area (Å²) in [6, 6.07) is 16.6. The molecule has 5 rings (SSSR count). The fourth-order valence-electron chi connectivity index (χ4n) is 4.09. The van der Waals surface area contributed by atoms with Crippen LogP contribution in [0.25, 0.3) is 16.5 Å². The van der Waals surface area contributed by atoms with Crippen molar-refractivity contribution in [2.75, 3.05) is 7.11 Å². The lowest BCUT2D eigenvalue weighted by Crippen LogP contribution is -2.26. The van der Waals surface area contributed by atoms with E-state index in [2.05, 4.69) is 0 Å². The number of para-hydroxylation sites is 1. The van der Waals surface area contributed by atoms with Crippen LogP contribution < -0.4 is 26.6 Å². The van der Waals surface area contributed by atoms with Gasteiger partial charge in [-0.2, -0.15) is 0 Å². The maximum atomic E-state index is 13.6. The highest BCUT2D eigenvalue weighted by Gasteiger charge is 2.20. The highest BCUT2D eigenvalue weighted by Crippen LogP contribution is 2.26. The molecule has 6 nitrogen and oxygen atoms in total. The summed E-state index contributed by atoms with van der Waals surface area (Å²) in [5.41, 5.74) is -0.226. The third-order valence-corrected chi connectivity index (χ3v) is 6.48. The first-order valence-electron chi connectivity index (χ1n) is 10.3. The van der Waals surface area contributed by atoms with E-state index in [1.807, 2.05) is 6.92 Å². The minimum absolute atomic E-state index is 0.0556. The molecule has 3 aromatic carbocycles. The number of aryl methyl sites for hydroxylation is 1. The molecule has 1 aliphatic heterocycles. The van der Waals surface area contributed by atoms with Crippen LogP contribution >= 0.6 is 23.2 Å². The molecule has 34 heavy (non-hydrogen) atoms. The zero-order chi connectivity index (χ0) is 24.1. The molecule has 0 bridgehead atoms. The van der Waals surface area contributed by atoms with Crippen molar-refractivity contribution < 1.29 is 4.74 Å². The summed E-state index contributed by atoms with van der Waals surface area (Å²) in [5.74, 6) is 0.651. The summed E-state index contributed by atoms with van der Waals surface area (Å²) in [6.07, 6.45) is 0. The van der Waals surface area contributed by atoms with Gasteiger partial charge in [0.25, 0.3) is 11.1 Å². The fourth-order valence-corrected chi connectivity index (χ4v) is 4.42. The van der Waals surface area contributed by atoms with Gasteiger partial charge in [-0.05, 0) is 55.0 Å². The van der Waals surface area contributed by atoms with Crippen molar-refractivity contribution in [3.05, 3.63) is 123 Å². The van der Waals surface area contributed by atoms with Crippen LogP contribution in [0.2, 0.25) is 10.0 Å². The van der Waals surface area contributed by atoms with Gasteiger partial charge in [-0.1, -0.05) is 41.4 Å². The van der Waals surface area contributed by atoms with Crippen molar-refractivity contribution in [2.24, 2.45) is 4.99 Å². The first-order valence-corrected chi connectivity index (χ1v) is 11.0. The number of hydrogen-bond donors (Lipinski definition) is 0. The molecular weight excluding hydrogens is 475 g/mol. The largest absolute Gasteiger partial charge is 0.497 e. The molecule has 0 atom stereocenters. The number of methoxy groups -OCH3 is 1. The summed E-state index contributed by atoms with van der Waals surface area (Å²) in [6.45, 7) is 1.85. The van der Waals surface area contributed by atoms with Crippen LogP contribution in [-0.4, -0.2) is 11.7 Å². The molecule has 8 heteroatoms. The highest BCUT2D eigenvalue weighted by molar-refractivity contribution is 6.42. The SMILES string of the molecule is COc1ccc(N=c2c3c(=O)n(-c4ccccc4)c(=O)c=3c(=O)c3cc(Cl)c(Cl)cc23)c(C)c1. The molecule has 0 spiro atoms. The molecule has 0 N–H and O–H groups in total. The van der Waals surface area contributed by atoms with Crippen LogP contribution in [0.1, 0.15) is 5.56 Å². The van der Waals surface area contributed by atoms with Gasteiger partial charge < -0.3 is 4.74 Å². The number of rotatable bonds is 3. The lowest BCUT2D eigenvalue weighted by Gasteiger charge is -2.05. The lowest BCUT2D eigenvalue weighted by molar-refractivity contribution is 0.414. The third-order valence-electron chi connectivity index (χ3n) is 5.76. The topological polar surface area (TPSA) is 77.7 Å². The Morgan fingerprint density at radius 1 is 0.824 bits per heavy atom. The average Bonchev–Trinajstić information content (AvgIpc) is 3.09. The van der Waals surface area contributed by atoms with Gasteiger partial charge in [0.05, 0.1) is 39.1 Å². The van der Waals surface area contributed by atoms with Gasteiger partial charge in [-0.15, -0.1) is 0 Å². The predicted molar refractivity (Wildman–Crippen MR) is 133 cm³/mol. The Labute approximate surface area is 202 Å². The number of nitrogens with zero attached hydrogens (tertiary/aromatic N) is 2. The van der Waals surface area contributed by atoms with E-state index in [9.17, 15) is 14.4 Å². The Kier molecular flexibility index (Phi) is 5.35. The number of benzene rings is 3. The number of ether oxygens (including phenoxy) is 1. The first kappa shape index (κ1) is 22.1. The van der Waals surface area contributed by atoms with Crippen LogP contribution in [0.3, 0.4) is 0 Å². The first-order chi connectivity index (χ1) is 16.3. The smallest absolute Gasteiger partial charge is 0.270 e. The van der Waals surface area contributed by atoms with E-state index in [-0.39, 0.29) is 31.2 Å². The maximum absolute atomic E-state index is 13.6. The zero-order valence-corrected chi connectivity index (χ0v) is 19.6. The molecule has 1 aliphatic carbocycles. The van der Waals surface area contributed by atoms with Gasteiger partial charge >= 0.3 is 0 Å². The second-order valence-electron chi connectivity index (χ2n) is 7.79. The number of halogens is 2. The maximum Gasteiger partial charge on any atom is 0.270 e. The molecule has 3 aromatic rings. The van der Waals surface area contributed by atoms with Crippen LogP contribution in [0, 0.1) is 17.4 Å². The van der Waals surface area contributed by atoms with Crippen LogP contribution in [-0.2, 0) is 0 Å². The van der Waals surface area contributed by atoms with Crippen LogP contribution in [0.4, 0.5) is 5.69 Å². The Hall–Kier alpha value is -3.74. The summed E-state index contributed by atoms with van der Waals surface area (Å²) in [5, 5.41) is 0.763. The van der Waals surface area contributed by atoms with E-state index in [0.29, 0.717) is 22.5 Å². The number of hydrogen-bond acceptors (Lipinski definition) is 5.